The lowest BCUT2D eigenvalue weighted by atomic mass is 10.0. The van der Waals surface area contributed by atoms with Gasteiger partial charge in [0.05, 0.1) is 16.9 Å². The average molecular weight is 515 g/mol. The van der Waals surface area contributed by atoms with Crippen LogP contribution in [0.5, 0.6) is 0 Å². The number of carboxylic acids is 1. The first-order valence-electron chi connectivity index (χ1n) is 9.52. The second-order valence-corrected chi connectivity index (χ2v) is 11.1. The van der Waals surface area contributed by atoms with Gasteiger partial charge in [0.2, 0.25) is 5.91 Å². The molecule has 4 heterocycles. The molecule has 32 heavy (non-hydrogen) atoms. The van der Waals surface area contributed by atoms with Crippen LogP contribution in [0.15, 0.2) is 21.8 Å². The fourth-order valence-corrected chi connectivity index (χ4v) is 6.89. The minimum absolute atomic E-state index is 0.0132. The summed E-state index contributed by atoms with van der Waals surface area (Å²) in [6, 6.07) is -1.47. The molecule has 0 aromatic carbocycles. The first kappa shape index (κ1) is 23.1. The van der Waals surface area contributed by atoms with Crippen molar-refractivity contribution >= 4 is 64.2 Å². The molecule has 2 aromatic rings. The van der Waals surface area contributed by atoms with Crippen LogP contribution in [0.4, 0.5) is 0 Å². The Labute approximate surface area is 200 Å². The van der Waals surface area contributed by atoms with E-state index < -0.39 is 29.3 Å². The van der Waals surface area contributed by atoms with Crippen molar-refractivity contribution in [3.05, 3.63) is 33.2 Å². The fraction of sp³-hybridized carbons (Fsp3) is 0.444. The Morgan fingerprint density at radius 1 is 1.41 bits per heavy atom. The minimum Gasteiger partial charge on any atom is -0.477 e. The molecule has 2 aliphatic heterocycles. The highest BCUT2D eigenvalue weighted by molar-refractivity contribution is 8.01. The highest BCUT2D eigenvalue weighted by Crippen LogP contribution is 2.42. The number of fused-ring (bicyclic) bond motifs is 1. The Bertz CT molecular complexity index is 1130. The molecule has 0 unspecified atom stereocenters. The first-order valence-corrected chi connectivity index (χ1v) is 12.7. The van der Waals surface area contributed by atoms with Gasteiger partial charge < -0.3 is 10.4 Å². The largest absolute Gasteiger partial charge is 0.477 e. The lowest BCUT2D eigenvalue weighted by Gasteiger charge is -2.49. The molecule has 14 heteroatoms. The third-order valence-corrected chi connectivity index (χ3v) is 8.93. The predicted molar refractivity (Wildman–Crippen MR) is 122 cm³/mol. The maximum atomic E-state index is 12.8. The topological polar surface area (TPSA) is 130 Å². The van der Waals surface area contributed by atoms with Crippen molar-refractivity contribution in [2.45, 2.75) is 42.6 Å². The molecule has 1 saturated heterocycles. The number of carbonyl (C=O) groups excluding carboxylic acids is 2. The molecular formula is C18H19ClN6O4S3. The molecule has 0 radical (unpaired) electrons. The molecule has 2 N–H and O–H groups in total. The number of hydrogen-bond acceptors (Lipinski definition) is 9. The molecule has 170 valence electrons. The number of halogens is 1. The van der Waals surface area contributed by atoms with Crippen molar-refractivity contribution in [3.63, 3.8) is 0 Å². The van der Waals surface area contributed by atoms with Crippen LogP contribution in [0.2, 0.25) is 5.02 Å². The number of hydrogen-bond donors (Lipinski definition) is 2. The van der Waals surface area contributed by atoms with Crippen LogP contribution in [0.1, 0.15) is 23.7 Å². The van der Waals surface area contributed by atoms with E-state index in [1.165, 1.54) is 50.6 Å². The summed E-state index contributed by atoms with van der Waals surface area (Å²) < 4.78 is 2.23. The molecule has 1 fully saturated rings. The van der Waals surface area contributed by atoms with E-state index in [0.29, 0.717) is 27.8 Å². The highest BCUT2D eigenvalue weighted by atomic mass is 35.5. The van der Waals surface area contributed by atoms with Crippen LogP contribution < -0.4 is 5.32 Å². The summed E-state index contributed by atoms with van der Waals surface area (Å²) in [5.41, 5.74) is 1.28. The van der Waals surface area contributed by atoms with E-state index in [1.807, 2.05) is 6.92 Å². The summed E-state index contributed by atoms with van der Waals surface area (Å²) in [6.07, 6.45) is 1.46. The van der Waals surface area contributed by atoms with Crippen LogP contribution in [-0.4, -0.2) is 70.7 Å². The molecule has 2 aromatic heterocycles. The van der Waals surface area contributed by atoms with Gasteiger partial charge in [-0.1, -0.05) is 34.7 Å². The van der Waals surface area contributed by atoms with Gasteiger partial charge in [-0.2, -0.15) is 5.10 Å². The first-order chi connectivity index (χ1) is 15.2. The summed E-state index contributed by atoms with van der Waals surface area (Å²) in [5.74, 6) is -1.15. The van der Waals surface area contributed by atoms with E-state index in [0.717, 1.165) is 9.35 Å². The second kappa shape index (κ2) is 9.04. The lowest BCUT2D eigenvalue weighted by molar-refractivity contribution is -0.151. The van der Waals surface area contributed by atoms with Crippen LogP contribution in [0.3, 0.4) is 0 Å². The number of carboxylic acid groups (broad SMARTS) is 1. The summed E-state index contributed by atoms with van der Waals surface area (Å²) in [6.45, 7) is 5.26. The van der Waals surface area contributed by atoms with Gasteiger partial charge in [-0.15, -0.1) is 22.0 Å². The summed E-state index contributed by atoms with van der Waals surface area (Å²) in [4.78, 5) is 38.8. The quantitative estimate of drug-likeness (QED) is 0.421. The van der Waals surface area contributed by atoms with Gasteiger partial charge in [0, 0.05) is 11.5 Å². The lowest BCUT2D eigenvalue weighted by Crippen LogP contribution is -2.71. The van der Waals surface area contributed by atoms with Crippen LogP contribution >= 0.6 is 46.5 Å². The molecule has 0 bridgehead atoms. The molecule has 2 amide bonds. The number of carbonyl (C=O) groups is 3. The summed E-state index contributed by atoms with van der Waals surface area (Å²) in [7, 11) is 0. The van der Waals surface area contributed by atoms with Gasteiger partial charge in [-0.25, -0.2) is 4.79 Å². The SMILES string of the molecule is Cc1nnc(SCC2=C(C(=O)O)N3C(=O)[C@H](NC(=O)[C@@H](C)n4ncc(Cl)c4C)[C@H]3SC2)s1. The molecule has 4 rings (SSSR count). The van der Waals surface area contributed by atoms with Crippen molar-refractivity contribution in [1.29, 1.82) is 0 Å². The maximum absolute atomic E-state index is 12.8. The van der Waals surface area contributed by atoms with E-state index in [4.69, 9.17) is 11.6 Å². The van der Waals surface area contributed by atoms with Gasteiger partial charge in [-0.3, -0.25) is 19.2 Å². The Balaban J connectivity index is 1.46. The molecular weight excluding hydrogens is 496 g/mol. The Hall–Kier alpha value is -2.09. The minimum atomic E-state index is -1.16. The number of nitrogens with one attached hydrogen (secondary N) is 1. The van der Waals surface area contributed by atoms with E-state index in [1.54, 1.807) is 13.8 Å². The Kier molecular flexibility index (Phi) is 6.52. The number of rotatable bonds is 7. The molecule has 0 spiro atoms. The third kappa shape index (κ3) is 4.14. The Morgan fingerprint density at radius 2 is 2.16 bits per heavy atom. The van der Waals surface area contributed by atoms with Gasteiger partial charge in [0.15, 0.2) is 4.34 Å². The molecule has 3 atom stereocenters. The van der Waals surface area contributed by atoms with Crippen LogP contribution in [0.25, 0.3) is 0 Å². The van der Waals surface area contributed by atoms with E-state index >= 15 is 0 Å². The smallest absolute Gasteiger partial charge is 0.352 e. The monoisotopic (exact) mass is 514 g/mol. The number of amides is 2. The van der Waals surface area contributed by atoms with E-state index in [9.17, 15) is 19.5 Å². The van der Waals surface area contributed by atoms with Crippen molar-refractivity contribution in [3.8, 4) is 0 Å². The second-order valence-electron chi connectivity index (χ2n) is 7.23. The number of nitrogens with zero attached hydrogens (tertiary/aromatic N) is 5. The molecule has 0 aliphatic carbocycles. The normalized spacial score (nSPS) is 21.2. The molecule has 10 nitrogen and oxygen atoms in total. The van der Waals surface area contributed by atoms with E-state index in [2.05, 4.69) is 20.6 Å². The molecule has 0 saturated carbocycles. The number of aliphatic carboxylic acids is 1. The zero-order valence-corrected chi connectivity index (χ0v) is 20.4. The van der Waals surface area contributed by atoms with Crippen molar-refractivity contribution in [1.82, 2.24) is 30.2 Å². The third-order valence-electron chi connectivity index (χ3n) is 5.16. The Morgan fingerprint density at radius 3 is 2.75 bits per heavy atom. The van der Waals surface area contributed by atoms with Gasteiger partial charge in [0.1, 0.15) is 28.2 Å². The number of β-lactam (4-membered cyclic amide) rings is 1. The number of aromatic nitrogens is 4. The summed E-state index contributed by atoms with van der Waals surface area (Å²) >= 11 is 10.3. The van der Waals surface area contributed by atoms with Crippen LogP contribution in [-0.2, 0) is 14.4 Å². The highest BCUT2D eigenvalue weighted by Gasteiger charge is 2.54. The van der Waals surface area contributed by atoms with Crippen LogP contribution in [0, 0.1) is 13.8 Å². The van der Waals surface area contributed by atoms with Gasteiger partial charge in [-0.05, 0) is 26.3 Å². The van der Waals surface area contributed by atoms with Crippen molar-refractivity contribution < 1.29 is 19.5 Å². The number of thioether (sulfide) groups is 2. The zero-order chi connectivity index (χ0) is 23.2. The van der Waals surface area contributed by atoms with Crippen molar-refractivity contribution in [2.24, 2.45) is 0 Å². The van der Waals surface area contributed by atoms with Gasteiger partial charge in [0.25, 0.3) is 5.91 Å². The van der Waals surface area contributed by atoms with Crippen molar-refractivity contribution in [2.75, 3.05) is 11.5 Å². The zero-order valence-electron chi connectivity index (χ0n) is 17.2. The molecule has 2 aliphatic rings. The standard InChI is InChI=1S/C18H19ClN6O4S3/c1-7-11(19)4-20-25(7)8(2)14(26)21-12-15(27)24-13(17(28)29)10(5-30-16(12)24)6-31-18-23-22-9(3)32-18/h4,8,12,16H,5-6H2,1-3H3,(H,21,26)(H,28,29)/t8-,12+,16-/m1/s1. The number of aryl methyl sites for hydroxylation is 1. The maximum Gasteiger partial charge on any atom is 0.352 e. The van der Waals surface area contributed by atoms with E-state index in [-0.39, 0.29) is 11.6 Å². The predicted octanol–water partition coefficient (Wildman–Crippen LogP) is 2.10. The summed E-state index contributed by atoms with van der Waals surface area (Å²) in [5, 5.41) is 25.4. The fourth-order valence-electron chi connectivity index (χ4n) is 3.46. The average Bonchev–Trinajstić information content (AvgIpc) is 3.33. The van der Waals surface area contributed by atoms with Gasteiger partial charge >= 0.3 is 5.97 Å².